The topological polar surface area (TPSA) is 28.7 Å². The SMILES string of the molecule is Fc1cc(F)c2sc(Cc3c[nH]c4ccc(Cl)cc34)nc2c1F. The molecule has 4 rings (SSSR count). The van der Waals surface area contributed by atoms with E-state index in [9.17, 15) is 13.2 Å². The zero-order valence-electron chi connectivity index (χ0n) is 11.5. The molecule has 0 fully saturated rings. The average molecular weight is 353 g/mol. The van der Waals surface area contributed by atoms with Crippen molar-refractivity contribution in [3.63, 3.8) is 0 Å². The van der Waals surface area contributed by atoms with Gasteiger partial charge in [0.2, 0.25) is 0 Å². The highest BCUT2D eigenvalue weighted by Crippen LogP contribution is 2.31. The summed E-state index contributed by atoms with van der Waals surface area (Å²) in [6.45, 7) is 0. The zero-order chi connectivity index (χ0) is 16.1. The molecule has 0 saturated carbocycles. The maximum atomic E-state index is 13.8. The molecule has 0 aliphatic rings. The molecule has 0 bridgehead atoms. The van der Waals surface area contributed by atoms with E-state index in [1.165, 1.54) is 0 Å². The summed E-state index contributed by atoms with van der Waals surface area (Å²) in [4.78, 5) is 7.17. The molecule has 0 amide bonds. The number of thiazole rings is 1. The molecule has 0 aliphatic heterocycles. The Morgan fingerprint density at radius 3 is 2.78 bits per heavy atom. The van der Waals surface area contributed by atoms with Gasteiger partial charge in [-0.15, -0.1) is 11.3 Å². The van der Waals surface area contributed by atoms with E-state index < -0.39 is 17.5 Å². The highest BCUT2D eigenvalue weighted by atomic mass is 35.5. The number of aromatic nitrogens is 2. The molecule has 2 heterocycles. The lowest BCUT2D eigenvalue weighted by atomic mass is 10.1. The van der Waals surface area contributed by atoms with E-state index >= 15 is 0 Å². The number of H-pyrrole nitrogens is 1. The van der Waals surface area contributed by atoms with Crippen LogP contribution in [-0.4, -0.2) is 9.97 Å². The average Bonchev–Trinajstić information content (AvgIpc) is 3.10. The van der Waals surface area contributed by atoms with Crippen molar-refractivity contribution in [2.24, 2.45) is 0 Å². The van der Waals surface area contributed by atoms with E-state index in [2.05, 4.69) is 9.97 Å². The monoisotopic (exact) mass is 352 g/mol. The van der Waals surface area contributed by atoms with Gasteiger partial charge in [0, 0.05) is 34.6 Å². The van der Waals surface area contributed by atoms with Crippen LogP contribution in [0.1, 0.15) is 10.6 Å². The molecule has 2 aromatic carbocycles. The van der Waals surface area contributed by atoms with Crippen molar-refractivity contribution in [1.29, 1.82) is 0 Å². The quantitative estimate of drug-likeness (QED) is 0.478. The molecular formula is C16H8ClF3N2S. The number of nitrogens with zero attached hydrogens (tertiary/aromatic N) is 1. The summed E-state index contributed by atoms with van der Waals surface area (Å²) in [6, 6.07) is 5.99. The molecule has 1 N–H and O–H groups in total. The third-order valence-corrected chi connectivity index (χ3v) is 4.93. The third kappa shape index (κ3) is 2.38. The first-order valence-electron chi connectivity index (χ1n) is 6.71. The van der Waals surface area contributed by atoms with E-state index in [4.69, 9.17) is 11.6 Å². The lowest BCUT2D eigenvalue weighted by molar-refractivity contribution is 0.504. The van der Waals surface area contributed by atoms with Gasteiger partial charge in [-0.1, -0.05) is 11.6 Å². The van der Waals surface area contributed by atoms with E-state index in [0.29, 0.717) is 22.5 Å². The minimum atomic E-state index is -1.23. The molecule has 0 aliphatic carbocycles. The van der Waals surface area contributed by atoms with Crippen LogP contribution in [0.5, 0.6) is 0 Å². The van der Waals surface area contributed by atoms with Crippen LogP contribution < -0.4 is 0 Å². The molecule has 23 heavy (non-hydrogen) atoms. The van der Waals surface area contributed by atoms with Gasteiger partial charge in [0.25, 0.3) is 0 Å². The Bertz CT molecular complexity index is 1050. The predicted molar refractivity (Wildman–Crippen MR) is 85.6 cm³/mol. The number of rotatable bonds is 2. The van der Waals surface area contributed by atoms with Gasteiger partial charge in [-0.05, 0) is 23.8 Å². The summed E-state index contributed by atoms with van der Waals surface area (Å²) in [6.07, 6.45) is 2.18. The summed E-state index contributed by atoms with van der Waals surface area (Å²) < 4.78 is 40.8. The van der Waals surface area contributed by atoms with Crippen molar-refractivity contribution >= 4 is 44.1 Å². The first-order valence-corrected chi connectivity index (χ1v) is 7.91. The maximum absolute atomic E-state index is 13.8. The van der Waals surface area contributed by atoms with Crippen molar-refractivity contribution < 1.29 is 13.2 Å². The Hall–Kier alpha value is -2.05. The smallest absolute Gasteiger partial charge is 0.186 e. The van der Waals surface area contributed by atoms with Crippen LogP contribution in [0.3, 0.4) is 0 Å². The molecule has 4 aromatic rings. The first-order chi connectivity index (χ1) is 11.0. The summed E-state index contributed by atoms with van der Waals surface area (Å²) >= 11 is 7.02. The van der Waals surface area contributed by atoms with Gasteiger partial charge in [0.15, 0.2) is 11.6 Å². The number of hydrogen-bond donors (Lipinski definition) is 1. The van der Waals surface area contributed by atoms with Crippen LogP contribution in [0.25, 0.3) is 21.1 Å². The number of halogens is 4. The summed E-state index contributed by atoms with van der Waals surface area (Å²) in [7, 11) is 0. The van der Waals surface area contributed by atoms with Gasteiger partial charge in [-0.25, -0.2) is 18.2 Å². The van der Waals surface area contributed by atoms with Crippen molar-refractivity contribution in [1.82, 2.24) is 9.97 Å². The molecule has 2 aromatic heterocycles. The molecular weight excluding hydrogens is 345 g/mol. The van der Waals surface area contributed by atoms with Crippen LogP contribution in [0, 0.1) is 17.5 Å². The molecule has 0 radical (unpaired) electrons. The molecule has 0 atom stereocenters. The van der Waals surface area contributed by atoms with Crippen LogP contribution in [0.2, 0.25) is 5.02 Å². The fraction of sp³-hybridized carbons (Fsp3) is 0.0625. The molecule has 0 unspecified atom stereocenters. The minimum absolute atomic E-state index is 0.0248. The summed E-state index contributed by atoms with van der Waals surface area (Å²) in [5, 5.41) is 2.02. The lowest BCUT2D eigenvalue weighted by Crippen LogP contribution is -1.89. The second-order valence-electron chi connectivity index (χ2n) is 5.12. The van der Waals surface area contributed by atoms with Gasteiger partial charge in [-0.3, -0.25) is 0 Å². The Balaban J connectivity index is 1.82. The van der Waals surface area contributed by atoms with E-state index in [1.807, 2.05) is 12.1 Å². The standard InChI is InChI=1S/C16H8ClF3N2S/c17-8-1-2-12-9(4-8)7(6-21-12)3-13-22-15-14(20)10(18)5-11(19)16(15)23-13/h1-2,4-6,21H,3H2. The Labute approximate surface area is 137 Å². The van der Waals surface area contributed by atoms with Crippen molar-refractivity contribution in [3.05, 3.63) is 63.5 Å². The summed E-state index contributed by atoms with van der Waals surface area (Å²) in [5.74, 6) is -3.15. The van der Waals surface area contributed by atoms with Crippen molar-refractivity contribution in [2.75, 3.05) is 0 Å². The summed E-state index contributed by atoms with van der Waals surface area (Å²) in [5.41, 5.74) is 1.55. The van der Waals surface area contributed by atoms with Crippen molar-refractivity contribution in [3.8, 4) is 0 Å². The number of hydrogen-bond acceptors (Lipinski definition) is 2. The van der Waals surface area contributed by atoms with Gasteiger partial charge in [0.1, 0.15) is 11.3 Å². The highest BCUT2D eigenvalue weighted by Gasteiger charge is 2.18. The van der Waals surface area contributed by atoms with Gasteiger partial charge >= 0.3 is 0 Å². The number of benzene rings is 2. The van der Waals surface area contributed by atoms with Gasteiger partial charge < -0.3 is 4.98 Å². The van der Waals surface area contributed by atoms with Crippen LogP contribution in [0.4, 0.5) is 13.2 Å². The van der Waals surface area contributed by atoms with Crippen molar-refractivity contribution in [2.45, 2.75) is 6.42 Å². The second-order valence-corrected chi connectivity index (χ2v) is 6.64. The Morgan fingerprint density at radius 2 is 1.96 bits per heavy atom. The lowest BCUT2D eigenvalue weighted by Gasteiger charge is -1.96. The fourth-order valence-electron chi connectivity index (χ4n) is 2.56. The molecule has 0 spiro atoms. The first kappa shape index (κ1) is 14.5. The van der Waals surface area contributed by atoms with E-state index in [0.717, 1.165) is 27.8 Å². The van der Waals surface area contributed by atoms with E-state index in [1.54, 1.807) is 12.3 Å². The minimum Gasteiger partial charge on any atom is -0.361 e. The van der Waals surface area contributed by atoms with Crippen LogP contribution in [-0.2, 0) is 6.42 Å². The molecule has 116 valence electrons. The van der Waals surface area contributed by atoms with Gasteiger partial charge in [-0.2, -0.15) is 0 Å². The fourth-order valence-corrected chi connectivity index (χ4v) is 3.72. The Morgan fingerprint density at radius 1 is 1.13 bits per heavy atom. The van der Waals surface area contributed by atoms with E-state index in [-0.39, 0.29) is 10.2 Å². The zero-order valence-corrected chi connectivity index (χ0v) is 13.0. The number of aromatic amines is 1. The normalized spacial score (nSPS) is 11.7. The number of nitrogens with one attached hydrogen (secondary N) is 1. The van der Waals surface area contributed by atoms with Crippen LogP contribution >= 0.6 is 22.9 Å². The van der Waals surface area contributed by atoms with Gasteiger partial charge in [0.05, 0.1) is 9.71 Å². The largest absolute Gasteiger partial charge is 0.361 e. The molecule has 7 heteroatoms. The predicted octanol–water partition coefficient (Wildman–Crippen LogP) is 5.44. The molecule has 0 saturated heterocycles. The highest BCUT2D eigenvalue weighted by molar-refractivity contribution is 7.18. The maximum Gasteiger partial charge on any atom is 0.186 e. The number of fused-ring (bicyclic) bond motifs is 2. The third-order valence-electron chi connectivity index (χ3n) is 3.63. The molecule has 2 nitrogen and oxygen atoms in total. The van der Waals surface area contributed by atoms with Crippen LogP contribution in [0.15, 0.2) is 30.5 Å². The Kier molecular flexibility index (Phi) is 3.32. The second kappa shape index (κ2) is 5.25.